The van der Waals surface area contributed by atoms with Gasteiger partial charge >= 0.3 is 0 Å². The number of rotatable bonds is 5. The van der Waals surface area contributed by atoms with Gasteiger partial charge in [-0.3, -0.25) is 14.7 Å². The lowest BCUT2D eigenvalue weighted by Crippen LogP contribution is -2.51. The highest BCUT2D eigenvalue weighted by Gasteiger charge is 2.28. The van der Waals surface area contributed by atoms with E-state index >= 15 is 0 Å². The number of carbonyl (C=O) groups is 1. The van der Waals surface area contributed by atoms with E-state index in [-0.39, 0.29) is 29.9 Å². The number of aryl methyl sites for hydroxylation is 2. The highest BCUT2D eigenvalue weighted by Crippen LogP contribution is 2.26. The SMILES string of the molecule is I.NC(=NCCN1CCN(C(=O)C2CCCCC2)CC1)Nc1ccc2c(c1)CCC2. The predicted octanol–water partition coefficient (Wildman–Crippen LogP) is 3.24. The van der Waals surface area contributed by atoms with Gasteiger partial charge in [0.25, 0.3) is 0 Å². The third-order valence-corrected chi connectivity index (χ3v) is 6.71. The van der Waals surface area contributed by atoms with Gasteiger partial charge in [0.15, 0.2) is 5.96 Å². The van der Waals surface area contributed by atoms with Crippen LogP contribution < -0.4 is 11.1 Å². The first-order valence-corrected chi connectivity index (χ1v) is 11.4. The molecule has 7 heteroatoms. The number of halogens is 1. The Morgan fingerprint density at radius 1 is 1.03 bits per heavy atom. The van der Waals surface area contributed by atoms with Crippen LogP contribution in [0.2, 0.25) is 0 Å². The maximum absolute atomic E-state index is 12.7. The summed E-state index contributed by atoms with van der Waals surface area (Å²) in [5.74, 6) is 1.16. The molecule has 0 spiro atoms. The summed E-state index contributed by atoms with van der Waals surface area (Å²) in [5, 5.41) is 3.22. The van der Waals surface area contributed by atoms with Gasteiger partial charge in [0.2, 0.25) is 5.91 Å². The van der Waals surface area contributed by atoms with Crippen molar-refractivity contribution in [1.82, 2.24) is 9.80 Å². The number of hydrogen-bond acceptors (Lipinski definition) is 3. The molecule has 1 saturated heterocycles. The zero-order chi connectivity index (χ0) is 20.1. The van der Waals surface area contributed by atoms with Crippen LogP contribution in [0.3, 0.4) is 0 Å². The van der Waals surface area contributed by atoms with Crippen LogP contribution in [0.1, 0.15) is 49.7 Å². The lowest BCUT2D eigenvalue weighted by atomic mass is 9.88. The number of guanidine groups is 1. The van der Waals surface area contributed by atoms with E-state index in [1.807, 2.05) is 0 Å². The molecule has 4 rings (SSSR count). The van der Waals surface area contributed by atoms with Gasteiger partial charge in [-0.1, -0.05) is 25.3 Å². The van der Waals surface area contributed by atoms with E-state index < -0.39 is 0 Å². The number of aliphatic imine (C=N–C) groups is 1. The minimum Gasteiger partial charge on any atom is -0.370 e. The summed E-state index contributed by atoms with van der Waals surface area (Å²) < 4.78 is 0. The van der Waals surface area contributed by atoms with E-state index in [0.717, 1.165) is 57.7 Å². The van der Waals surface area contributed by atoms with Gasteiger partial charge in [-0.15, -0.1) is 24.0 Å². The normalized spacial score (nSPS) is 20.5. The molecular weight excluding hydrogens is 489 g/mol. The molecule has 1 aromatic rings. The second-order valence-electron chi connectivity index (χ2n) is 8.73. The molecule has 3 N–H and O–H groups in total. The maximum atomic E-state index is 12.7. The lowest BCUT2D eigenvalue weighted by Gasteiger charge is -2.37. The van der Waals surface area contributed by atoms with Crippen molar-refractivity contribution in [3.05, 3.63) is 29.3 Å². The van der Waals surface area contributed by atoms with Crippen molar-refractivity contribution in [2.45, 2.75) is 51.4 Å². The van der Waals surface area contributed by atoms with Crippen LogP contribution in [-0.4, -0.2) is 60.9 Å². The van der Waals surface area contributed by atoms with E-state index in [1.165, 1.54) is 43.2 Å². The topological polar surface area (TPSA) is 74.0 Å². The molecular formula is C23H36IN5O. The number of nitrogens with two attached hydrogens (primary N) is 1. The summed E-state index contributed by atoms with van der Waals surface area (Å²) in [6.07, 6.45) is 9.51. The standard InChI is InChI=1S/C23H35N5O.HI/c24-23(26-21-10-9-18-7-4-8-20(18)17-21)25-11-12-27-13-15-28(16-14-27)22(29)19-5-2-1-3-6-19;/h9-10,17,19H,1-8,11-16H2,(H3,24,25,26);1H. The quantitative estimate of drug-likeness (QED) is 0.352. The molecule has 30 heavy (non-hydrogen) atoms. The Morgan fingerprint density at radius 2 is 1.77 bits per heavy atom. The van der Waals surface area contributed by atoms with E-state index in [0.29, 0.717) is 18.4 Å². The van der Waals surface area contributed by atoms with Crippen molar-refractivity contribution >= 4 is 41.5 Å². The molecule has 2 aliphatic carbocycles. The zero-order valence-corrected chi connectivity index (χ0v) is 20.3. The van der Waals surface area contributed by atoms with Crippen molar-refractivity contribution in [2.24, 2.45) is 16.6 Å². The third kappa shape index (κ3) is 6.09. The number of amides is 1. The molecule has 1 saturated carbocycles. The number of piperazine rings is 1. The second-order valence-corrected chi connectivity index (χ2v) is 8.73. The number of nitrogens with one attached hydrogen (secondary N) is 1. The maximum Gasteiger partial charge on any atom is 0.225 e. The van der Waals surface area contributed by atoms with Gasteiger partial charge in [0.1, 0.15) is 0 Å². The van der Waals surface area contributed by atoms with Crippen LogP contribution in [0, 0.1) is 5.92 Å². The molecule has 0 unspecified atom stereocenters. The van der Waals surface area contributed by atoms with Crippen molar-refractivity contribution in [3.8, 4) is 0 Å². The molecule has 0 bridgehead atoms. The largest absolute Gasteiger partial charge is 0.370 e. The lowest BCUT2D eigenvalue weighted by molar-refractivity contribution is -0.138. The average molecular weight is 525 g/mol. The minimum atomic E-state index is 0. The average Bonchev–Trinajstić information content (AvgIpc) is 3.22. The smallest absolute Gasteiger partial charge is 0.225 e. The van der Waals surface area contributed by atoms with Gasteiger partial charge in [-0.05, 0) is 55.4 Å². The van der Waals surface area contributed by atoms with Crippen LogP contribution in [0.15, 0.2) is 23.2 Å². The molecule has 166 valence electrons. The Balaban J connectivity index is 0.00000256. The third-order valence-electron chi connectivity index (χ3n) is 6.71. The number of carbonyl (C=O) groups excluding carboxylic acids is 1. The fraction of sp³-hybridized carbons (Fsp3) is 0.652. The van der Waals surface area contributed by atoms with Crippen molar-refractivity contribution in [1.29, 1.82) is 0 Å². The van der Waals surface area contributed by atoms with Crippen LogP contribution >= 0.6 is 24.0 Å². The number of fused-ring (bicyclic) bond motifs is 1. The molecule has 1 aromatic carbocycles. The van der Waals surface area contributed by atoms with Crippen LogP contribution in [-0.2, 0) is 17.6 Å². The summed E-state index contributed by atoms with van der Waals surface area (Å²) >= 11 is 0. The summed E-state index contributed by atoms with van der Waals surface area (Å²) in [5.41, 5.74) is 10.0. The summed E-state index contributed by atoms with van der Waals surface area (Å²) in [7, 11) is 0. The number of hydrogen-bond donors (Lipinski definition) is 2. The highest BCUT2D eigenvalue weighted by molar-refractivity contribution is 14.0. The molecule has 1 heterocycles. The Kier molecular flexibility index (Phi) is 8.80. The molecule has 0 atom stereocenters. The fourth-order valence-electron chi connectivity index (χ4n) is 4.95. The Bertz CT molecular complexity index is 739. The first-order valence-electron chi connectivity index (χ1n) is 11.4. The second kappa shape index (κ2) is 11.3. The Hall–Kier alpha value is -1.35. The van der Waals surface area contributed by atoms with Gasteiger partial charge in [-0.25, -0.2) is 0 Å². The predicted molar refractivity (Wildman–Crippen MR) is 134 cm³/mol. The molecule has 1 amide bonds. The van der Waals surface area contributed by atoms with E-state index in [1.54, 1.807) is 0 Å². The van der Waals surface area contributed by atoms with Crippen molar-refractivity contribution in [3.63, 3.8) is 0 Å². The van der Waals surface area contributed by atoms with Crippen molar-refractivity contribution < 1.29 is 4.79 Å². The van der Waals surface area contributed by atoms with Gasteiger partial charge in [-0.2, -0.15) is 0 Å². The van der Waals surface area contributed by atoms with E-state index in [2.05, 4.69) is 38.3 Å². The molecule has 1 aliphatic heterocycles. The van der Waals surface area contributed by atoms with Crippen LogP contribution in [0.5, 0.6) is 0 Å². The monoisotopic (exact) mass is 525 g/mol. The molecule has 2 fully saturated rings. The van der Waals surface area contributed by atoms with Crippen molar-refractivity contribution in [2.75, 3.05) is 44.6 Å². The van der Waals surface area contributed by atoms with E-state index in [4.69, 9.17) is 5.73 Å². The highest BCUT2D eigenvalue weighted by atomic mass is 127. The molecule has 3 aliphatic rings. The summed E-state index contributed by atoms with van der Waals surface area (Å²) in [6.45, 7) is 5.14. The van der Waals surface area contributed by atoms with Gasteiger partial charge in [0.05, 0.1) is 6.54 Å². The minimum absolute atomic E-state index is 0. The number of anilines is 1. The summed E-state index contributed by atoms with van der Waals surface area (Å²) in [4.78, 5) is 21.6. The number of benzene rings is 1. The first kappa shape index (κ1) is 23.3. The first-order chi connectivity index (χ1) is 14.2. The Labute approximate surface area is 197 Å². The van der Waals surface area contributed by atoms with Crippen LogP contribution in [0.4, 0.5) is 5.69 Å². The summed E-state index contributed by atoms with van der Waals surface area (Å²) in [6, 6.07) is 6.49. The fourth-order valence-corrected chi connectivity index (χ4v) is 4.95. The molecule has 6 nitrogen and oxygen atoms in total. The van der Waals surface area contributed by atoms with Crippen LogP contribution in [0.25, 0.3) is 0 Å². The van der Waals surface area contributed by atoms with Gasteiger partial charge < -0.3 is 16.0 Å². The Morgan fingerprint density at radius 3 is 2.53 bits per heavy atom. The van der Waals surface area contributed by atoms with Gasteiger partial charge in [0, 0.05) is 44.3 Å². The molecule has 0 aromatic heterocycles. The van der Waals surface area contributed by atoms with E-state index in [9.17, 15) is 4.79 Å². The molecule has 0 radical (unpaired) electrons. The zero-order valence-electron chi connectivity index (χ0n) is 17.9. The number of nitrogens with zero attached hydrogens (tertiary/aromatic N) is 3.